The number of aryl methyl sites for hydroxylation is 2. The van der Waals surface area contributed by atoms with Crippen LogP contribution >= 0.6 is 0 Å². The van der Waals surface area contributed by atoms with Gasteiger partial charge in [-0.25, -0.2) is 0 Å². The molecule has 0 bridgehead atoms. The molecule has 0 spiro atoms. The summed E-state index contributed by atoms with van der Waals surface area (Å²) in [6.07, 6.45) is 1.14. The van der Waals surface area contributed by atoms with Crippen LogP contribution in [0.1, 0.15) is 55.4 Å². The Morgan fingerprint density at radius 3 is 2.52 bits per heavy atom. The third-order valence-electron chi connectivity index (χ3n) is 3.23. The number of carbonyl (C=O) groups is 2. The first kappa shape index (κ1) is 17.1. The van der Waals surface area contributed by atoms with Crippen molar-refractivity contribution in [1.29, 1.82) is 0 Å². The number of rotatable bonds is 7. The standard InChI is InChI=1S/C15H23N3O3/c1-5-13-12(9-11(4)16-17-13)15(21)18(10(2)3)8-6-7-14(19)20/h9-10H,5-8H2,1-4H3,(H,19,20). The zero-order chi connectivity index (χ0) is 16.0. The Kier molecular flexibility index (Phi) is 6.27. The van der Waals surface area contributed by atoms with E-state index in [1.165, 1.54) is 0 Å². The van der Waals surface area contributed by atoms with E-state index in [9.17, 15) is 9.59 Å². The number of carbonyl (C=O) groups excluding carboxylic acids is 1. The fraction of sp³-hybridized carbons (Fsp3) is 0.600. The molecule has 0 saturated heterocycles. The lowest BCUT2D eigenvalue weighted by atomic mass is 10.1. The number of aliphatic carboxylic acids is 1. The Balaban J connectivity index is 2.95. The van der Waals surface area contributed by atoms with Gasteiger partial charge in [-0.1, -0.05) is 6.92 Å². The number of hydrogen-bond acceptors (Lipinski definition) is 4. The predicted octanol–water partition coefficient (Wildman–Crippen LogP) is 2.06. The van der Waals surface area contributed by atoms with Crippen LogP contribution in [-0.4, -0.2) is 44.7 Å². The van der Waals surface area contributed by atoms with Crippen LogP contribution in [-0.2, 0) is 11.2 Å². The lowest BCUT2D eigenvalue weighted by molar-refractivity contribution is -0.137. The van der Waals surface area contributed by atoms with Gasteiger partial charge in [-0.3, -0.25) is 9.59 Å². The molecule has 1 aromatic heterocycles. The minimum atomic E-state index is -0.846. The summed E-state index contributed by atoms with van der Waals surface area (Å²) in [6.45, 7) is 8.00. The number of nitrogens with zero attached hydrogens (tertiary/aromatic N) is 3. The molecule has 0 atom stereocenters. The van der Waals surface area contributed by atoms with Crippen molar-refractivity contribution in [1.82, 2.24) is 15.1 Å². The molecule has 1 heterocycles. The van der Waals surface area contributed by atoms with Crippen molar-refractivity contribution in [3.63, 3.8) is 0 Å². The smallest absolute Gasteiger partial charge is 0.303 e. The first-order chi connectivity index (χ1) is 9.86. The van der Waals surface area contributed by atoms with Crippen LogP contribution in [0.4, 0.5) is 0 Å². The van der Waals surface area contributed by atoms with Crippen LogP contribution < -0.4 is 0 Å². The van der Waals surface area contributed by atoms with E-state index in [1.54, 1.807) is 17.9 Å². The van der Waals surface area contributed by atoms with E-state index in [2.05, 4.69) is 10.2 Å². The predicted molar refractivity (Wildman–Crippen MR) is 79.2 cm³/mol. The van der Waals surface area contributed by atoms with E-state index in [0.717, 1.165) is 0 Å². The van der Waals surface area contributed by atoms with Gasteiger partial charge in [0.05, 0.1) is 17.0 Å². The maximum atomic E-state index is 12.7. The van der Waals surface area contributed by atoms with Crippen LogP contribution in [0.15, 0.2) is 6.07 Å². The quantitative estimate of drug-likeness (QED) is 0.832. The van der Waals surface area contributed by atoms with Crippen molar-refractivity contribution < 1.29 is 14.7 Å². The molecule has 21 heavy (non-hydrogen) atoms. The average molecular weight is 293 g/mol. The molecule has 0 saturated carbocycles. The van der Waals surface area contributed by atoms with E-state index < -0.39 is 5.97 Å². The Hall–Kier alpha value is -1.98. The Morgan fingerprint density at radius 2 is 2.00 bits per heavy atom. The van der Waals surface area contributed by atoms with Crippen molar-refractivity contribution in [2.75, 3.05) is 6.54 Å². The molecule has 1 aromatic rings. The highest BCUT2D eigenvalue weighted by Crippen LogP contribution is 2.14. The second-order valence-corrected chi connectivity index (χ2v) is 5.29. The van der Waals surface area contributed by atoms with E-state index >= 15 is 0 Å². The van der Waals surface area contributed by atoms with Gasteiger partial charge in [-0.05, 0) is 39.7 Å². The molecule has 1 rings (SSSR count). The van der Waals surface area contributed by atoms with Crippen LogP contribution in [0.3, 0.4) is 0 Å². The van der Waals surface area contributed by atoms with Crippen LogP contribution in [0.2, 0.25) is 0 Å². The highest BCUT2D eigenvalue weighted by atomic mass is 16.4. The van der Waals surface area contributed by atoms with Crippen molar-refractivity contribution in [3.05, 3.63) is 23.0 Å². The van der Waals surface area contributed by atoms with E-state index in [-0.39, 0.29) is 18.4 Å². The van der Waals surface area contributed by atoms with Crippen molar-refractivity contribution in [3.8, 4) is 0 Å². The van der Waals surface area contributed by atoms with Crippen LogP contribution in [0, 0.1) is 6.92 Å². The monoisotopic (exact) mass is 293 g/mol. The molecule has 0 aliphatic rings. The van der Waals surface area contributed by atoms with Crippen molar-refractivity contribution in [2.24, 2.45) is 0 Å². The molecule has 1 amide bonds. The molecular formula is C15H23N3O3. The number of amides is 1. The van der Waals surface area contributed by atoms with E-state index in [1.807, 2.05) is 20.8 Å². The van der Waals surface area contributed by atoms with Gasteiger partial charge >= 0.3 is 5.97 Å². The highest BCUT2D eigenvalue weighted by Gasteiger charge is 2.22. The number of hydrogen-bond donors (Lipinski definition) is 1. The van der Waals surface area contributed by atoms with Gasteiger partial charge in [-0.15, -0.1) is 0 Å². The van der Waals surface area contributed by atoms with Crippen molar-refractivity contribution >= 4 is 11.9 Å². The van der Waals surface area contributed by atoms with Crippen LogP contribution in [0.25, 0.3) is 0 Å². The molecule has 0 unspecified atom stereocenters. The molecule has 0 fully saturated rings. The van der Waals surface area contributed by atoms with Gasteiger partial charge in [0.2, 0.25) is 0 Å². The lowest BCUT2D eigenvalue weighted by Gasteiger charge is -2.27. The minimum Gasteiger partial charge on any atom is -0.481 e. The average Bonchev–Trinajstić information content (AvgIpc) is 2.42. The Labute approximate surface area is 125 Å². The summed E-state index contributed by atoms with van der Waals surface area (Å²) < 4.78 is 0. The van der Waals surface area contributed by atoms with Gasteiger partial charge in [0.1, 0.15) is 0 Å². The highest BCUT2D eigenvalue weighted by molar-refractivity contribution is 5.95. The second-order valence-electron chi connectivity index (χ2n) is 5.29. The molecule has 0 aliphatic carbocycles. The molecule has 0 aliphatic heterocycles. The lowest BCUT2D eigenvalue weighted by Crippen LogP contribution is -2.38. The van der Waals surface area contributed by atoms with Gasteiger partial charge in [0, 0.05) is 19.0 Å². The summed E-state index contributed by atoms with van der Waals surface area (Å²) in [5.74, 6) is -0.952. The first-order valence-corrected chi connectivity index (χ1v) is 7.22. The van der Waals surface area contributed by atoms with Gasteiger partial charge in [-0.2, -0.15) is 10.2 Å². The third kappa shape index (κ3) is 4.81. The number of carboxylic acids is 1. The summed E-state index contributed by atoms with van der Waals surface area (Å²) >= 11 is 0. The SMILES string of the molecule is CCc1nnc(C)cc1C(=O)N(CCCC(=O)O)C(C)C. The number of carboxylic acid groups (broad SMARTS) is 1. The maximum absolute atomic E-state index is 12.7. The Morgan fingerprint density at radius 1 is 1.33 bits per heavy atom. The minimum absolute atomic E-state index is 0.00414. The topological polar surface area (TPSA) is 83.4 Å². The summed E-state index contributed by atoms with van der Waals surface area (Å²) in [6, 6.07) is 1.75. The first-order valence-electron chi connectivity index (χ1n) is 7.22. The van der Waals surface area contributed by atoms with E-state index in [0.29, 0.717) is 36.3 Å². The molecule has 6 nitrogen and oxygen atoms in total. The fourth-order valence-electron chi connectivity index (χ4n) is 2.11. The molecule has 0 aromatic carbocycles. The summed E-state index contributed by atoms with van der Waals surface area (Å²) in [5.41, 5.74) is 1.94. The summed E-state index contributed by atoms with van der Waals surface area (Å²) in [4.78, 5) is 25.0. The maximum Gasteiger partial charge on any atom is 0.303 e. The molecule has 1 N–H and O–H groups in total. The zero-order valence-corrected chi connectivity index (χ0v) is 13.1. The summed E-state index contributed by atoms with van der Waals surface area (Å²) in [7, 11) is 0. The second kappa shape index (κ2) is 7.71. The van der Waals surface area contributed by atoms with Crippen LogP contribution in [0.5, 0.6) is 0 Å². The molecule has 6 heteroatoms. The third-order valence-corrected chi connectivity index (χ3v) is 3.23. The molecule has 0 radical (unpaired) electrons. The van der Waals surface area contributed by atoms with E-state index in [4.69, 9.17) is 5.11 Å². The van der Waals surface area contributed by atoms with Gasteiger partial charge in [0.15, 0.2) is 0 Å². The Bertz CT molecular complexity index is 515. The zero-order valence-electron chi connectivity index (χ0n) is 13.1. The largest absolute Gasteiger partial charge is 0.481 e. The fourth-order valence-corrected chi connectivity index (χ4v) is 2.11. The normalized spacial score (nSPS) is 10.7. The van der Waals surface area contributed by atoms with Gasteiger partial charge in [0.25, 0.3) is 5.91 Å². The van der Waals surface area contributed by atoms with Crippen molar-refractivity contribution in [2.45, 2.75) is 53.0 Å². The summed E-state index contributed by atoms with van der Waals surface area (Å²) in [5, 5.41) is 16.8. The van der Waals surface area contributed by atoms with Gasteiger partial charge < -0.3 is 10.0 Å². The number of aromatic nitrogens is 2. The molecule has 116 valence electrons. The molecular weight excluding hydrogens is 270 g/mol.